The summed E-state index contributed by atoms with van der Waals surface area (Å²) in [5.74, 6) is -0.295. The van der Waals surface area contributed by atoms with Gasteiger partial charge in [-0.25, -0.2) is 4.79 Å². The maximum atomic E-state index is 13.3. The van der Waals surface area contributed by atoms with Crippen LogP contribution in [0.15, 0.2) is 60.2 Å². The molecule has 4 rings (SSSR count). The fourth-order valence-corrected chi connectivity index (χ4v) is 4.85. The highest BCUT2D eigenvalue weighted by Crippen LogP contribution is 2.36. The van der Waals surface area contributed by atoms with Gasteiger partial charge < -0.3 is 14.2 Å². The van der Waals surface area contributed by atoms with E-state index in [2.05, 4.69) is 5.32 Å². The molecule has 3 aromatic carbocycles. The Morgan fingerprint density at radius 3 is 2.29 bits per heavy atom. The van der Waals surface area contributed by atoms with E-state index in [4.69, 9.17) is 49.0 Å². The van der Waals surface area contributed by atoms with E-state index in [-0.39, 0.29) is 34.5 Å². The highest BCUT2D eigenvalue weighted by atomic mass is 35.5. The molecule has 214 valence electrons. The molecule has 0 bridgehead atoms. The van der Waals surface area contributed by atoms with E-state index in [0.717, 1.165) is 16.9 Å². The summed E-state index contributed by atoms with van der Waals surface area (Å²) in [6.07, 6.45) is 2.15. The smallest absolute Gasteiger partial charge is 0.331 e. The Labute approximate surface area is 252 Å². The summed E-state index contributed by atoms with van der Waals surface area (Å²) in [6, 6.07) is 14.5. The van der Waals surface area contributed by atoms with Crippen LogP contribution in [-0.4, -0.2) is 36.0 Å². The largest absolute Gasteiger partial charge is 0.490 e. The van der Waals surface area contributed by atoms with Crippen molar-refractivity contribution >= 4 is 58.7 Å². The van der Waals surface area contributed by atoms with Gasteiger partial charge in [0, 0.05) is 5.02 Å². The minimum absolute atomic E-state index is 0.0960. The fourth-order valence-electron chi connectivity index (χ4n) is 4.02. The van der Waals surface area contributed by atoms with Crippen molar-refractivity contribution in [3.8, 4) is 17.2 Å². The molecule has 0 saturated carbocycles. The number of carbonyl (C=O) groups excluding carboxylic acids is 3. The molecular formula is C30H27Cl3N2O6. The van der Waals surface area contributed by atoms with Crippen LogP contribution in [0.4, 0.5) is 4.79 Å². The molecule has 41 heavy (non-hydrogen) atoms. The minimum atomic E-state index is -0.831. The summed E-state index contributed by atoms with van der Waals surface area (Å²) in [7, 11) is 0. The minimum Gasteiger partial charge on any atom is -0.490 e. The van der Waals surface area contributed by atoms with Crippen LogP contribution in [0.25, 0.3) is 6.08 Å². The second-order valence-corrected chi connectivity index (χ2v) is 10.3. The van der Waals surface area contributed by atoms with E-state index in [0.29, 0.717) is 40.9 Å². The number of amides is 4. The lowest BCUT2D eigenvalue weighted by Crippen LogP contribution is -2.53. The number of imide groups is 2. The first-order chi connectivity index (χ1) is 19.7. The van der Waals surface area contributed by atoms with Crippen LogP contribution in [0.1, 0.15) is 37.0 Å². The van der Waals surface area contributed by atoms with Crippen molar-refractivity contribution in [2.75, 3.05) is 13.2 Å². The number of hydrogen-bond donors (Lipinski definition) is 1. The Balaban J connectivity index is 1.54. The quantitative estimate of drug-likeness (QED) is 0.183. The number of nitrogens with one attached hydrogen (secondary N) is 1. The third-order valence-corrected chi connectivity index (χ3v) is 6.70. The van der Waals surface area contributed by atoms with Gasteiger partial charge in [0.25, 0.3) is 11.8 Å². The highest BCUT2D eigenvalue weighted by molar-refractivity contribution is 6.37. The van der Waals surface area contributed by atoms with Gasteiger partial charge in [0.15, 0.2) is 17.2 Å². The summed E-state index contributed by atoms with van der Waals surface area (Å²) in [6.45, 7) is 4.85. The van der Waals surface area contributed by atoms with Crippen LogP contribution < -0.4 is 19.5 Å². The predicted octanol–water partition coefficient (Wildman–Crippen LogP) is 7.08. The van der Waals surface area contributed by atoms with Crippen LogP contribution in [0.5, 0.6) is 17.2 Å². The van der Waals surface area contributed by atoms with Gasteiger partial charge in [-0.3, -0.25) is 19.8 Å². The summed E-state index contributed by atoms with van der Waals surface area (Å²) in [5.41, 5.74) is 1.56. The van der Waals surface area contributed by atoms with Crippen molar-refractivity contribution in [2.24, 2.45) is 0 Å². The van der Waals surface area contributed by atoms with Gasteiger partial charge in [-0.15, -0.1) is 0 Å². The molecule has 1 aliphatic rings. The maximum absolute atomic E-state index is 13.3. The van der Waals surface area contributed by atoms with Crippen molar-refractivity contribution in [2.45, 2.75) is 33.4 Å². The van der Waals surface area contributed by atoms with Crippen molar-refractivity contribution in [3.05, 3.63) is 91.9 Å². The molecule has 1 aliphatic heterocycles. The summed E-state index contributed by atoms with van der Waals surface area (Å²) < 4.78 is 17.2. The number of barbiturate groups is 1. The molecule has 3 aromatic rings. The standard InChI is InChI=1S/C30H27Cl3N2O6/c1-3-10-40-25-9-8-18(15-26(25)39-4-2)16-35-29(37)22(28(36)34-30(35)38)12-20-13-23(32)27(24(33)14-20)41-17-19-6-5-7-21(31)11-19/h5-9,11-15H,3-4,10,16-17H2,1-2H3,(H,34,36,38)/b22-12+. The molecule has 4 amide bonds. The lowest BCUT2D eigenvalue weighted by atomic mass is 10.1. The van der Waals surface area contributed by atoms with E-state index in [9.17, 15) is 14.4 Å². The van der Waals surface area contributed by atoms with Gasteiger partial charge in [0.05, 0.1) is 29.8 Å². The molecule has 11 heteroatoms. The Hall–Kier alpha value is -3.72. The van der Waals surface area contributed by atoms with Crippen LogP contribution in [0.2, 0.25) is 15.1 Å². The lowest BCUT2D eigenvalue weighted by Gasteiger charge is -2.26. The number of carbonyl (C=O) groups is 3. The van der Waals surface area contributed by atoms with Crippen LogP contribution in [-0.2, 0) is 22.7 Å². The molecule has 0 aromatic heterocycles. The number of nitrogens with zero attached hydrogens (tertiary/aromatic N) is 1. The zero-order chi connectivity index (χ0) is 29.5. The van der Waals surface area contributed by atoms with Gasteiger partial charge in [-0.05, 0) is 72.5 Å². The third-order valence-electron chi connectivity index (χ3n) is 5.90. The van der Waals surface area contributed by atoms with E-state index in [1.54, 1.807) is 36.4 Å². The van der Waals surface area contributed by atoms with Crippen LogP contribution in [0.3, 0.4) is 0 Å². The van der Waals surface area contributed by atoms with E-state index in [1.165, 1.54) is 18.2 Å². The van der Waals surface area contributed by atoms with Crippen molar-refractivity contribution < 1.29 is 28.6 Å². The summed E-state index contributed by atoms with van der Waals surface area (Å²) >= 11 is 18.9. The van der Waals surface area contributed by atoms with E-state index in [1.807, 2.05) is 19.9 Å². The second kappa shape index (κ2) is 13.8. The van der Waals surface area contributed by atoms with Crippen LogP contribution >= 0.6 is 34.8 Å². The maximum Gasteiger partial charge on any atom is 0.331 e. The third kappa shape index (κ3) is 7.52. The molecule has 0 spiro atoms. The average Bonchev–Trinajstić information content (AvgIpc) is 2.92. The average molecular weight is 618 g/mol. The topological polar surface area (TPSA) is 94.2 Å². The zero-order valence-electron chi connectivity index (χ0n) is 22.3. The molecule has 0 unspecified atom stereocenters. The Morgan fingerprint density at radius 2 is 1.61 bits per heavy atom. The van der Waals surface area contributed by atoms with Crippen molar-refractivity contribution in [3.63, 3.8) is 0 Å². The fraction of sp³-hybridized carbons (Fsp3) is 0.233. The molecule has 8 nitrogen and oxygen atoms in total. The summed E-state index contributed by atoms with van der Waals surface area (Å²) in [5, 5.41) is 3.14. The molecule has 0 radical (unpaired) electrons. The van der Waals surface area contributed by atoms with Gasteiger partial charge in [-0.2, -0.15) is 0 Å². The first kappa shape index (κ1) is 30.2. The Kier molecular flexibility index (Phi) is 10.2. The lowest BCUT2D eigenvalue weighted by molar-refractivity contribution is -0.130. The van der Waals surface area contributed by atoms with Crippen LogP contribution in [0, 0.1) is 0 Å². The predicted molar refractivity (Wildman–Crippen MR) is 158 cm³/mol. The Bertz CT molecular complexity index is 1480. The molecule has 1 saturated heterocycles. The normalized spacial score (nSPS) is 14.3. The molecule has 1 N–H and O–H groups in total. The number of ether oxygens (including phenoxy) is 3. The van der Waals surface area contributed by atoms with Crippen molar-refractivity contribution in [1.82, 2.24) is 10.2 Å². The van der Waals surface area contributed by atoms with Gasteiger partial charge in [0.1, 0.15) is 12.2 Å². The SMILES string of the molecule is CCCOc1ccc(CN2C(=O)NC(=O)/C(=C\c3cc(Cl)c(OCc4cccc(Cl)c4)c(Cl)c3)C2=O)cc1OCC. The van der Waals surface area contributed by atoms with Crippen molar-refractivity contribution in [1.29, 1.82) is 0 Å². The summed E-state index contributed by atoms with van der Waals surface area (Å²) in [4.78, 5) is 39.5. The Morgan fingerprint density at radius 1 is 0.854 bits per heavy atom. The van der Waals surface area contributed by atoms with Gasteiger partial charge >= 0.3 is 6.03 Å². The van der Waals surface area contributed by atoms with Gasteiger partial charge in [0.2, 0.25) is 0 Å². The number of hydrogen-bond acceptors (Lipinski definition) is 6. The highest BCUT2D eigenvalue weighted by Gasteiger charge is 2.36. The molecule has 1 fully saturated rings. The number of rotatable bonds is 11. The number of benzene rings is 3. The van der Waals surface area contributed by atoms with Gasteiger partial charge in [-0.1, -0.05) is 59.9 Å². The monoisotopic (exact) mass is 616 g/mol. The number of urea groups is 1. The second-order valence-electron chi connectivity index (χ2n) is 9.00. The first-order valence-electron chi connectivity index (χ1n) is 12.8. The van der Waals surface area contributed by atoms with E-state index >= 15 is 0 Å². The molecule has 0 atom stereocenters. The van der Waals surface area contributed by atoms with E-state index < -0.39 is 17.8 Å². The zero-order valence-corrected chi connectivity index (χ0v) is 24.6. The molecular weight excluding hydrogens is 591 g/mol. The number of halogens is 3. The first-order valence-corrected chi connectivity index (χ1v) is 14.0. The molecule has 1 heterocycles. The molecule has 0 aliphatic carbocycles.